The minimum atomic E-state index is -0.746. The van der Waals surface area contributed by atoms with E-state index in [0.717, 1.165) is 10.0 Å². The molecular weight excluding hydrogens is 414 g/mol. The van der Waals surface area contributed by atoms with Crippen LogP contribution in [0.4, 0.5) is 0 Å². The Bertz CT molecular complexity index is 747. The maximum Gasteiger partial charge on any atom is 0.182 e. The molecule has 3 aliphatic rings. The topological polar surface area (TPSA) is 77.4 Å². The molecule has 4 rings (SSSR count). The van der Waals surface area contributed by atoms with Crippen LogP contribution >= 0.6 is 27.5 Å². The maximum absolute atomic E-state index is 13.1. The van der Waals surface area contributed by atoms with Gasteiger partial charge in [0, 0.05) is 29.8 Å². The lowest BCUT2D eigenvalue weighted by atomic mass is 9.78. The van der Waals surface area contributed by atoms with Crippen LogP contribution in [0, 0.1) is 5.92 Å². The number of hydrogen-bond acceptors (Lipinski definition) is 6. The molecule has 2 atom stereocenters. The van der Waals surface area contributed by atoms with E-state index in [1.807, 2.05) is 6.07 Å². The van der Waals surface area contributed by atoms with Crippen molar-refractivity contribution < 1.29 is 24.2 Å². The van der Waals surface area contributed by atoms with Crippen molar-refractivity contribution in [2.45, 2.75) is 37.6 Å². The molecule has 1 aliphatic carbocycles. The van der Waals surface area contributed by atoms with Gasteiger partial charge in [-0.2, -0.15) is 0 Å². The Kier molecular flexibility index (Phi) is 4.52. The van der Waals surface area contributed by atoms with Gasteiger partial charge in [0.1, 0.15) is 5.75 Å². The van der Waals surface area contributed by atoms with Gasteiger partial charge in [-0.3, -0.25) is 4.79 Å². The van der Waals surface area contributed by atoms with Crippen molar-refractivity contribution in [2.24, 2.45) is 11.1 Å². The average molecular weight is 431 g/mol. The quantitative estimate of drug-likeness (QED) is 0.575. The van der Waals surface area contributed by atoms with Crippen LogP contribution in [0.1, 0.15) is 24.8 Å². The number of carbonyl (C=O) groups is 1. The third kappa shape index (κ3) is 3.07. The van der Waals surface area contributed by atoms with E-state index in [4.69, 9.17) is 25.8 Å². The normalized spacial score (nSPS) is 29.0. The summed E-state index contributed by atoms with van der Waals surface area (Å²) in [6.07, 6.45) is 1.20. The number of ketones is 1. The first-order valence-corrected chi connectivity index (χ1v) is 9.35. The molecule has 0 bridgehead atoms. The fourth-order valence-corrected chi connectivity index (χ4v) is 4.80. The number of ether oxygens (including phenoxy) is 3. The predicted molar refractivity (Wildman–Crippen MR) is 93.5 cm³/mol. The Labute approximate surface area is 158 Å². The highest BCUT2D eigenvalue weighted by Crippen LogP contribution is 2.42. The van der Waals surface area contributed by atoms with Crippen LogP contribution in [0.2, 0.25) is 5.02 Å². The molecule has 0 aromatic heterocycles. The third-order valence-electron chi connectivity index (χ3n) is 5.03. The minimum absolute atomic E-state index is 0.120. The summed E-state index contributed by atoms with van der Waals surface area (Å²) in [5, 5.41) is 13.3. The molecule has 8 heteroatoms. The lowest BCUT2D eigenvalue weighted by Crippen LogP contribution is -2.46. The molecule has 2 fully saturated rings. The lowest BCUT2D eigenvalue weighted by molar-refractivity contribution is -0.178. The predicted octanol–water partition coefficient (Wildman–Crippen LogP) is 3.35. The number of Topliss-reactive ketones (excluding diaryl/α,β-unsaturated/α-hetero) is 1. The monoisotopic (exact) mass is 429 g/mol. The molecule has 1 aromatic carbocycles. The van der Waals surface area contributed by atoms with Gasteiger partial charge in [-0.1, -0.05) is 16.8 Å². The largest absolute Gasteiger partial charge is 0.481 e. The van der Waals surface area contributed by atoms with E-state index in [1.165, 1.54) is 0 Å². The summed E-state index contributed by atoms with van der Waals surface area (Å²) in [5.74, 6) is -0.802. The third-order valence-corrected chi connectivity index (χ3v) is 5.84. The minimum Gasteiger partial charge on any atom is -0.481 e. The van der Waals surface area contributed by atoms with Gasteiger partial charge in [0.2, 0.25) is 0 Å². The number of nitrogens with zero attached hydrogens (tertiary/aromatic N) is 1. The molecule has 2 heterocycles. The highest BCUT2D eigenvalue weighted by Gasteiger charge is 2.48. The Hall–Kier alpha value is -1.15. The number of oxime groups is 1. The summed E-state index contributed by atoms with van der Waals surface area (Å²) in [5.41, 5.74) is 1.35. The summed E-state index contributed by atoms with van der Waals surface area (Å²) in [4.78, 5) is 13.1. The van der Waals surface area contributed by atoms with Gasteiger partial charge in [-0.25, -0.2) is 0 Å². The zero-order valence-electron chi connectivity index (χ0n) is 13.3. The fraction of sp³-hybridized carbons (Fsp3) is 0.529. The summed E-state index contributed by atoms with van der Waals surface area (Å²) < 4.78 is 18.1. The van der Waals surface area contributed by atoms with Gasteiger partial charge in [-0.15, -0.1) is 0 Å². The van der Waals surface area contributed by atoms with E-state index in [1.54, 1.807) is 6.07 Å². The highest BCUT2D eigenvalue weighted by molar-refractivity contribution is 9.10. The second-order valence-electron chi connectivity index (χ2n) is 6.54. The lowest BCUT2D eigenvalue weighted by Gasteiger charge is -2.36. The van der Waals surface area contributed by atoms with E-state index >= 15 is 0 Å². The molecular formula is C17H17BrClNO5. The fourth-order valence-electron chi connectivity index (χ4n) is 3.83. The highest BCUT2D eigenvalue weighted by atomic mass is 79.9. The van der Waals surface area contributed by atoms with E-state index in [9.17, 15) is 10.0 Å². The van der Waals surface area contributed by atoms with Crippen LogP contribution in [0.15, 0.2) is 21.8 Å². The summed E-state index contributed by atoms with van der Waals surface area (Å²) in [6.45, 7) is 1.03. The van der Waals surface area contributed by atoms with E-state index < -0.39 is 17.8 Å². The van der Waals surface area contributed by atoms with Gasteiger partial charge >= 0.3 is 0 Å². The Balaban J connectivity index is 1.56. The number of benzene rings is 1. The second-order valence-corrected chi connectivity index (χ2v) is 7.84. The van der Waals surface area contributed by atoms with Gasteiger partial charge in [-0.05, 0) is 34.5 Å². The summed E-state index contributed by atoms with van der Waals surface area (Å²) in [7, 11) is 0. The number of hydrogen-bond donors (Lipinski definition) is 1. The van der Waals surface area contributed by atoms with Gasteiger partial charge in [0.25, 0.3) is 0 Å². The zero-order chi connectivity index (χ0) is 17.6. The molecule has 1 spiro atoms. The van der Waals surface area contributed by atoms with Crippen LogP contribution in [-0.2, 0) is 20.7 Å². The van der Waals surface area contributed by atoms with E-state index in [-0.39, 0.29) is 5.78 Å². The van der Waals surface area contributed by atoms with Crippen molar-refractivity contribution in [2.75, 3.05) is 13.2 Å². The summed E-state index contributed by atoms with van der Waals surface area (Å²) in [6, 6.07) is 3.55. The standard InChI is InChI=1S/C17H17BrClNO5/c18-12-7-10(19)5-9-6-14(25-16(9)12)15(21)11-8-17(23-3-4-24-17)2-1-13(11)20-22/h5,7,11,14,22H,1-4,6,8H2. The molecule has 2 unspecified atom stereocenters. The van der Waals surface area contributed by atoms with Crippen LogP contribution in [0.25, 0.3) is 0 Å². The number of halogens is 2. The SMILES string of the molecule is O=C(C1Cc2cc(Cl)cc(Br)c2O1)C1CC2(CCC1=NO)OCCO2. The Morgan fingerprint density at radius 1 is 1.36 bits per heavy atom. The zero-order valence-corrected chi connectivity index (χ0v) is 15.7. The molecule has 1 aromatic rings. The maximum atomic E-state index is 13.1. The van der Waals surface area contributed by atoms with E-state index in [2.05, 4.69) is 21.1 Å². The summed E-state index contributed by atoms with van der Waals surface area (Å²) >= 11 is 9.50. The molecule has 1 saturated carbocycles. The van der Waals surface area contributed by atoms with Crippen molar-refractivity contribution in [1.82, 2.24) is 0 Å². The first-order valence-electron chi connectivity index (χ1n) is 8.18. The first-order chi connectivity index (χ1) is 12.0. The number of rotatable bonds is 2. The van der Waals surface area contributed by atoms with Crippen LogP contribution in [-0.4, -0.2) is 41.8 Å². The van der Waals surface area contributed by atoms with Crippen molar-refractivity contribution >= 4 is 39.0 Å². The average Bonchev–Trinajstić information content (AvgIpc) is 3.21. The van der Waals surface area contributed by atoms with Crippen molar-refractivity contribution in [1.29, 1.82) is 0 Å². The van der Waals surface area contributed by atoms with Crippen LogP contribution < -0.4 is 4.74 Å². The molecule has 134 valence electrons. The van der Waals surface area contributed by atoms with Crippen molar-refractivity contribution in [3.8, 4) is 5.75 Å². The molecule has 6 nitrogen and oxygen atoms in total. The van der Waals surface area contributed by atoms with Gasteiger partial charge < -0.3 is 19.4 Å². The van der Waals surface area contributed by atoms with Crippen molar-refractivity contribution in [3.05, 3.63) is 27.2 Å². The molecule has 1 N–H and O–H groups in total. The van der Waals surface area contributed by atoms with Crippen LogP contribution in [0.3, 0.4) is 0 Å². The molecule has 1 saturated heterocycles. The van der Waals surface area contributed by atoms with Gasteiger partial charge in [0.05, 0.1) is 29.3 Å². The molecule has 25 heavy (non-hydrogen) atoms. The smallest absolute Gasteiger partial charge is 0.182 e. The number of carbonyl (C=O) groups excluding carboxylic acids is 1. The van der Waals surface area contributed by atoms with Crippen molar-refractivity contribution in [3.63, 3.8) is 0 Å². The Morgan fingerprint density at radius 2 is 2.12 bits per heavy atom. The number of fused-ring (bicyclic) bond motifs is 1. The van der Waals surface area contributed by atoms with Crippen LogP contribution in [0.5, 0.6) is 5.75 Å². The second kappa shape index (κ2) is 6.54. The molecule has 0 amide bonds. The first kappa shape index (κ1) is 17.3. The van der Waals surface area contributed by atoms with Gasteiger partial charge in [0.15, 0.2) is 17.7 Å². The molecule has 2 aliphatic heterocycles. The Morgan fingerprint density at radius 3 is 2.84 bits per heavy atom. The molecule has 0 radical (unpaired) electrons. The van der Waals surface area contributed by atoms with E-state index in [0.29, 0.717) is 55.4 Å².